The molecule has 28 heavy (non-hydrogen) atoms. The smallest absolute Gasteiger partial charge is 0.279 e. The van der Waals surface area contributed by atoms with E-state index >= 15 is 0 Å². The molecule has 0 atom stereocenters. The summed E-state index contributed by atoms with van der Waals surface area (Å²) >= 11 is 1.19. The van der Waals surface area contributed by atoms with Crippen LogP contribution in [0, 0.1) is 5.82 Å². The molecule has 8 heteroatoms. The number of fused-ring (bicyclic) bond motifs is 1. The summed E-state index contributed by atoms with van der Waals surface area (Å²) in [6.45, 7) is 7.28. The Labute approximate surface area is 166 Å². The third-order valence-corrected chi connectivity index (χ3v) is 7.38. The number of hydrogen-bond donors (Lipinski definition) is 0. The summed E-state index contributed by atoms with van der Waals surface area (Å²) in [5, 5.41) is -0.595. The van der Waals surface area contributed by atoms with E-state index in [1.165, 1.54) is 47.7 Å². The summed E-state index contributed by atoms with van der Waals surface area (Å²) in [4.78, 5) is 17.3. The lowest BCUT2D eigenvalue weighted by Gasteiger charge is -2.08. The van der Waals surface area contributed by atoms with E-state index in [1.54, 1.807) is 30.6 Å². The summed E-state index contributed by atoms with van der Waals surface area (Å²) in [5.41, 5.74) is 0.921. The average Bonchev–Trinajstić information content (AvgIpc) is 2.98. The highest BCUT2D eigenvalue weighted by Gasteiger charge is 2.20. The quantitative estimate of drug-likeness (QED) is 0.589. The molecule has 0 unspecified atom stereocenters. The molecule has 0 aliphatic rings. The zero-order chi connectivity index (χ0) is 20.5. The van der Waals surface area contributed by atoms with Crippen molar-refractivity contribution >= 4 is 37.3 Å². The molecule has 3 aromatic rings. The predicted octanol–water partition coefficient (Wildman–Crippen LogP) is 3.95. The summed E-state index contributed by atoms with van der Waals surface area (Å²) in [5.74, 6) is -0.936. The highest BCUT2D eigenvalue weighted by atomic mass is 32.2. The molecule has 0 spiro atoms. The molecule has 0 radical (unpaired) electrons. The molecule has 5 nitrogen and oxygen atoms in total. The first-order valence-electron chi connectivity index (χ1n) is 8.57. The van der Waals surface area contributed by atoms with Crippen LogP contribution in [-0.2, 0) is 16.4 Å². The number of carbonyl (C=O) groups excluding carboxylic acids is 1. The maximum Gasteiger partial charge on any atom is 0.279 e. The molecule has 1 heterocycles. The summed E-state index contributed by atoms with van der Waals surface area (Å²) in [6.07, 6.45) is 1.66. The Bertz CT molecular complexity index is 1240. The minimum atomic E-state index is -3.50. The predicted molar refractivity (Wildman–Crippen MR) is 109 cm³/mol. The van der Waals surface area contributed by atoms with Gasteiger partial charge in [-0.05, 0) is 50.2 Å². The van der Waals surface area contributed by atoms with Crippen molar-refractivity contribution in [3.8, 4) is 0 Å². The van der Waals surface area contributed by atoms with Crippen molar-refractivity contribution in [2.45, 2.75) is 30.5 Å². The standard InChI is InChI=1S/C20H19FN2O3S2/c1-4-10-23-17-9-8-15(21)12-18(17)27-20(23)22-19(24)14-6-5-7-16(11-14)28(25,26)13(2)3/h4-9,11-13H,1,10H2,2-3H3. The third-order valence-electron chi connectivity index (χ3n) is 4.18. The van der Waals surface area contributed by atoms with Gasteiger partial charge in [0.25, 0.3) is 5.91 Å². The summed E-state index contributed by atoms with van der Waals surface area (Å²) < 4.78 is 40.7. The first-order chi connectivity index (χ1) is 13.2. The fourth-order valence-corrected chi connectivity index (χ4v) is 4.83. The number of allylic oxidation sites excluding steroid dienone is 1. The lowest BCUT2D eigenvalue weighted by atomic mass is 10.2. The van der Waals surface area contributed by atoms with Crippen LogP contribution in [0.4, 0.5) is 4.39 Å². The van der Waals surface area contributed by atoms with E-state index in [4.69, 9.17) is 0 Å². The number of sulfone groups is 1. The van der Waals surface area contributed by atoms with E-state index in [0.717, 1.165) is 5.52 Å². The van der Waals surface area contributed by atoms with Gasteiger partial charge in [0.2, 0.25) is 0 Å². The number of aromatic nitrogens is 1. The Morgan fingerprint density at radius 3 is 2.71 bits per heavy atom. The minimum absolute atomic E-state index is 0.0842. The Morgan fingerprint density at radius 2 is 2.04 bits per heavy atom. The zero-order valence-electron chi connectivity index (χ0n) is 15.4. The number of benzene rings is 2. The Hall–Kier alpha value is -2.58. The topological polar surface area (TPSA) is 68.5 Å². The van der Waals surface area contributed by atoms with Gasteiger partial charge >= 0.3 is 0 Å². The normalized spacial score (nSPS) is 12.6. The van der Waals surface area contributed by atoms with E-state index in [9.17, 15) is 17.6 Å². The lowest BCUT2D eigenvalue weighted by molar-refractivity contribution is 0.0997. The molecule has 0 aliphatic carbocycles. The maximum atomic E-state index is 13.5. The molecule has 0 aliphatic heterocycles. The van der Waals surface area contributed by atoms with Gasteiger partial charge in [0, 0.05) is 12.1 Å². The molecule has 3 rings (SSSR count). The first kappa shape index (κ1) is 20.2. The monoisotopic (exact) mass is 418 g/mol. The Morgan fingerprint density at radius 1 is 1.29 bits per heavy atom. The van der Waals surface area contributed by atoms with Crippen LogP contribution in [0.5, 0.6) is 0 Å². The molecule has 1 amide bonds. The van der Waals surface area contributed by atoms with Crippen LogP contribution < -0.4 is 4.80 Å². The van der Waals surface area contributed by atoms with Crippen LogP contribution in [0.25, 0.3) is 10.2 Å². The molecule has 0 bridgehead atoms. The van der Waals surface area contributed by atoms with Gasteiger partial charge in [-0.25, -0.2) is 12.8 Å². The molecular weight excluding hydrogens is 399 g/mol. The molecule has 2 aromatic carbocycles. The van der Waals surface area contributed by atoms with Crippen molar-refractivity contribution in [2.24, 2.45) is 4.99 Å². The fraction of sp³-hybridized carbons (Fsp3) is 0.200. The van der Waals surface area contributed by atoms with Crippen LogP contribution in [0.15, 0.2) is 65.0 Å². The van der Waals surface area contributed by atoms with Crippen molar-refractivity contribution in [2.75, 3.05) is 0 Å². The summed E-state index contributed by atoms with van der Waals surface area (Å²) in [6, 6.07) is 10.2. The molecule has 0 saturated carbocycles. The first-order valence-corrected chi connectivity index (χ1v) is 10.9. The number of carbonyl (C=O) groups is 1. The number of nitrogens with zero attached hydrogens (tertiary/aromatic N) is 2. The van der Waals surface area contributed by atoms with Crippen molar-refractivity contribution < 1.29 is 17.6 Å². The van der Waals surface area contributed by atoms with Gasteiger partial charge in [-0.1, -0.05) is 23.5 Å². The zero-order valence-corrected chi connectivity index (χ0v) is 17.1. The van der Waals surface area contributed by atoms with E-state index < -0.39 is 21.0 Å². The lowest BCUT2D eigenvalue weighted by Crippen LogP contribution is -2.17. The van der Waals surface area contributed by atoms with Gasteiger partial charge in [0.1, 0.15) is 5.82 Å². The fourth-order valence-electron chi connectivity index (χ4n) is 2.67. The second kappa shape index (κ2) is 7.81. The van der Waals surface area contributed by atoms with Crippen molar-refractivity contribution in [1.29, 1.82) is 0 Å². The van der Waals surface area contributed by atoms with Crippen LogP contribution >= 0.6 is 11.3 Å². The van der Waals surface area contributed by atoms with Gasteiger partial charge < -0.3 is 4.57 Å². The maximum absolute atomic E-state index is 13.5. The second-order valence-electron chi connectivity index (χ2n) is 6.43. The van der Waals surface area contributed by atoms with Crippen molar-refractivity contribution in [3.05, 3.63) is 71.3 Å². The Balaban J connectivity index is 2.11. The van der Waals surface area contributed by atoms with E-state index in [1.807, 2.05) is 0 Å². The average molecular weight is 419 g/mol. The SMILES string of the molecule is C=CCn1c(=NC(=O)c2cccc(S(=O)(=O)C(C)C)c2)sc2cc(F)ccc21. The minimum Gasteiger partial charge on any atom is -0.312 e. The van der Waals surface area contributed by atoms with Crippen molar-refractivity contribution in [1.82, 2.24) is 4.57 Å². The number of hydrogen-bond acceptors (Lipinski definition) is 4. The molecule has 0 N–H and O–H groups in total. The van der Waals surface area contributed by atoms with Crippen LogP contribution in [0.3, 0.4) is 0 Å². The molecular formula is C20H19FN2O3S2. The van der Waals surface area contributed by atoms with Crippen LogP contribution in [0.2, 0.25) is 0 Å². The molecule has 0 saturated heterocycles. The van der Waals surface area contributed by atoms with Crippen LogP contribution in [-0.4, -0.2) is 24.1 Å². The number of halogens is 1. The Kier molecular flexibility index (Phi) is 5.62. The van der Waals surface area contributed by atoms with Gasteiger partial charge in [-0.2, -0.15) is 4.99 Å². The largest absolute Gasteiger partial charge is 0.312 e. The van der Waals surface area contributed by atoms with E-state index in [2.05, 4.69) is 11.6 Å². The summed E-state index contributed by atoms with van der Waals surface area (Å²) in [7, 11) is -3.50. The van der Waals surface area contributed by atoms with Gasteiger partial charge in [0.15, 0.2) is 14.6 Å². The molecule has 1 aromatic heterocycles. The van der Waals surface area contributed by atoms with Gasteiger partial charge in [-0.3, -0.25) is 4.79 Å². The van der Waals surface area contributed by atoms with E-state index in [-0.39, 0.29) is 16.3 Å². The van der Waals surface area contributed by atoms with Crippen molar-refractivity contribution in [3.63, 3.8) is 0 Å². The number of amides is 1. The third kappa shape index (κ3) is 3.83. The highest BCUT2D eigenvalue weighted by Crippen LogP contribution is 2.20. The van der Waals surface area contributed by atoms with Gasteiger partial charge in [0.05, 0.1) is 20.4 Å². The second-order valence-corrected chi connectivity index (χ2v) is 9.95. The van der Waals surface area contributed by atoms with Gasteiger partial charge in [-0.15, -0.1) is 6.58 Å². The number of thiazole rings is 1. The molecule has 0 fully saturated rings. The number of rotatable bonds is 5. The van der Waals surface area contributed by atoms with Crippen LogP contribution in [0.1, 0.15) is 24.2 Å². The molecule has 146 valence electrons. The van der Waals surface area contributed by atoms with E-state index in [0.29, 0.717) is 16.0 Å². The highest BCUT2D eigenvalue weighted by molar-refractivity contribution is 7.92.